The van der Waals surface area contributed by atoms with Crippen LogP contribution in [0, 0.1) is 0 Å². The Balaban J connectivity index is 2.17. The van der Waals surface area contributed by atoms with Gasteiger partial charge in [0.05, 0.1) is 17.0 Å². The van der Waals surface area contributed by atoms with E-state index in [1.54, 1.807) is 12.1 Å². The molecule has 0 atom stereocenters. The van der Waals surface area contributed by atoms with Crippen molar-refractivity contribution >= 4 is 22.6 Å². The molecule has 1 aromatic carbocycles. The van der Waals surface area contributed by atoms with Crippen LogP contribution in [-0.4, -0.2) is 6.61 Å². The Morgan fingerprint density at radius 1 is 1.30 bits per heavy atom. The van der Waals surface area contributed by atoms with E-state index in [1.807, 2.05) is 6.92 Å². The molecule has 1 heterocycles. The van der Waals surface area contributed by atoms with Gasteiger partial charge in [0.2, 0.25) is 0 Å². The summed E-state index contributed by atoms with van der Waals surface area (Å²) in [5.41, 5.74) is 1.46. The van der Waals surface area contributed by atoms with E-state index in [2.05, 4.69) is 0 Å². The summed E-state index contributed by atoms with van der Waals surface area (Å²) >= 11 is 6.19. The Bertz CT molecular complexity index is 703. The minimum absolute atomic E-state index is 0.0601. The largest absolute Gasteiger partial charge is 0.492 e. The average molecular weight is 293 g/mol. The van der Waals surface area contributed by atoms with Gasteiger partial charge >= 0.3 is 0 Å². The molecule has 0 saturated carbocycles. The van der Waals surface area contributed by atoms with Crippen LogP contribution in [0.3, 0.4) is 0 Å². The standard InChI is InChI=1S/C16H17ClO3/c1-2-7-19-15-9-14-11(8-12(15)17)16(18)10-5-3-4-6-13(10)20-14/h8-9H,2-7H2,1H3. The van der Waals surface area contributed by atoms with E-state index in [0.717, 1.165) is 43.4 Å². The van der Waals surface area contributed by atoms with Crippen LogP contribution in [0.1, 0.15) is 37.5 Å². The summed E-state index contributed by atoms with van der Waals surface area (Å²) in [7, 11) is 0. The number of hydrogen-bond acceptors (Lipinski definition) is 3. The number of rotatable bonds is 3. The molecule has 0 spiro atoms. The third-order valence-electron chi connectivity index (χ3n) is 3.66. The summed E-state index contributed by atoms with van der Waals surface area (Å²) in [4.78, 5) is 12.5. The van der Waals surface area contributed by atoms with E-state index in [4.69, 9.17) is 20.8 Å². The average Bonchev–Trinajstić information content (AvgIpc) is 2.46. The summed E-state index contributed by atoms with van der Waals surface area (Å²) < 4.78 is 11.5. The molecule has 0 N–H and O–H groups in total. The van der Waals surface area contributed by atoms with Crippen LogP contribution in [0.2, 0.25) is 5.02 Å². The molecule has 1 aromatic heterocycles. The van der Waals surface area contributed by atoms with Gasteiger partial charge in [-0.1, -0.05) is 18.5 Å². The lowest BCUT2D eigenvalue weighted by atomic mass is 9.96. The summed E-state index contributed by atoms with van der Waals surface area (Å²) in [6.07, 6.45) is 4.68. The highest BCUT2D eigenvalue weighted by atomic mass is 35.5. The Kier molecular flexibility index (Phi) is 3.70. The van der Waals surface area contributed by atoms with Crippen LogP contribution in [0.5, 0.6) is 5.75 Å². The molecule has 0 fully saturated rings. The third-order valence-corrected chi connectivity index (χ3v) is 3.96. The lowest BCUT2D eigenvalue weighted by molar-refractivity contribution is 0.317. The predicted octanol–water partition coefficient (Wildman–Crippen LogP) is 4.11. The van der Waals surface area contributed by atoms with Crippen molar-refractivity contribution in [3.63, 3.8) is 0 Å². The normalized spacial score (nSPS) is 14.3. The number of aryl methyl sites for hydroxylation is 1. The Labute approximate surface area is 122 Å². The van der Waals surface area contributed by atoms with Crippen LogP contribution in [0.25, 0.3) is 11.0 Å². The van der Waals surface area contributed by atoms with Crippen molar-refractivity contribution in [1.29, 1.82) is 0 Å². The molecular weight excluding hydrogens is 276 g/mol. The van der Waals surface area contributed by atoms with E-state index in [-0.39, 0.29) is 5.43 Å². The topological polar surface area (TPSA) is 39.4 Å². The molecule has 20 heavy (non-hydrogen) atoms. The van der Waals surface area contributed by atoms with Gasteiger partial charge in [-0.15, -0.1) is 0 Å². The maximum Gasteiger partial charge on any atom is 0.196 e. The molecular formula is C16H17ClO3. The van der Waals surface area contributed by atoms with Crippen molar-refractivity contribution in [2.45, 2.75) is 39.0 Å². The molecule has 0 amide bonds. The second kappa shape index (κ2) is 5.49. The zero-order chi connectivity index (χ0) is 14.1. The van der Waals surface area contributed by atoms with Crippen molar-refractivity contribution < 1.29 is 9.15 Å². The zero-order valence-corrected chi connectivity index (χ0v) is 12.3. The molecule has 0 aliphatic heterocycles. The molecule has 3 nitrogen and oxygen atoms in total. The summed E-state index contributed by atoms with van der Waals surface area (Å²) in [6.45, 7) is 2.63. The quantitative estimate of drug-likeness (QED) is 0.854. The third kappa shape index (κ3) is 2.31. The molecule has 2 aromatic rings. The first-order valence-electron chi connectivity index (χ1n) is 7.11. The number of ether oxygens (including phenoxy) is 1. The molecule has 0 saturated heterocycles. The van der Waals surface area contributed by atoms with Crippen LogP contribution in [0.4, 0.5) is 0 Å². The van der Waals surface area contributed by atoms with Gasteiger partial charge in [0.15, 0.2) is 5.43 Å². The molecule has 4 heteroatoms. The van der Waals surface area contributed by atoms with Crippen molar-refractivity contribution in [3.8, 4) is 5.75 Å². The summed E-state index contributed by atoms with van der Waals surface area (Å²) in [5.74, 6) is 1.41. The summed E-state index contributed by atoms with van der Waals surface area (Å²) in [6, 6.07) is 3.41. The van der Waals surface area contributed by atoms with Gasteiger partial charge in [0.25, 0.3) is 0 Å². The molecule has 3 rings (SSSR count). The molecule has 0 unspecified atom stereocenters. The van der Waals surface area contributed by atoms with Crippen molar-refractivity contribution in [3.05, 3.63) is 38.7 Å². The monoisotopic (exact) mass is 292 g/mol. The first-order chi connectivity index (χ1) is 9.70. The number of hydrogen-bond donors (Lipinski definition) is 0. The minimum atomic E-state index is 0.0601. The van der Waals surface area contributed by atoms with Crippen LogP contribution in [-0.2, 0) is 12.8 Å². The zero-order valence-electron chi connectivity index (χ0n) is 11.5. The highest BCUT2D eigenvalue weighted by Gasteiger charge is 2.19. The van der Waals surface area contributed by atoms with Gasteiger partial charge in [-0.3, -0.25) is 4.79 Å². The highest BCUT2D eigenvalue weighted by molar-refractivity contribution is 6.32. The van der Waals surface area contributed by atoms with Gasteiger partial charge in [0.1, 0.15) is 17.1 Å². The lowest BCUT2D eigenvalue weighted by Crippen LogP contribution is -2.16. The van der Waals surface area contributed by atoms with E-state index in [0.29, 0.717) is 28.3 Å². The van der Waals surface area contributed by atoms with Gasteiger partial charge in [-0.05, 0) is 31.7 Å². The molecule has 1 aliphatic rings. The van der Waals surface area contributed by atoms with Gasteiger partial charge in [-0.2, -0.15) is 0 Å². The molecule has 0 bridgehead atoms. The van der Waals surface area contributed by atoms with Gasteiger partial charge < -0.3 is 9.15 Å². The van der Waals surface area contributed by atoms with Crippen molar-refractivity contribution in [2.24, 2.45) is 0 Å². The second-order valence-corrected chi connectivity index (χ2v) is 5.57. The first kappa shape index (κ1) is 13.5. The predicted molar refractivity (Wildman–Crippen MR) is 79.9 cm³/mol. The van der Waals surface area contributed by atoms with E-state index < -0.39 is 0 Å². The Hall–Kier alpha value is -1.48. The fraction of sp³-hybridized carbons (Fsp3) is 0.438. The lowest BCUT2D eigenvalue weighted by Gasteiger charge is -2.15. The van der Waals surface area contributed by atoms with Crippen molar-refractivity contribution in [1.82, 2.24) is 0 Å². The summed E-state index contributed by atoms with van der Waals surface area (Å²) in [5, 5.41) is 1.02. The molecule has 0 radical (unpaired) electrons. The fourth-order valence-corrected chi connectivity index (χ4v) is 2.86. The fourth-order valence-electron chi connectivity index (χ4n) is 2.64. The molecule has 1 aliphatic carbocycles. The number of fused-ring (bicyclic) bond motifs is 2. The Morgan fingerprint density at radius 3 is 2.90 bits per heavy atom. The molecule has 106 valence electrons. The van der Waals surface area contributed by atoms with Gasteiger partial charge in [0, 0.05) is 18.1 Å². The minimum Gasteiger partial charge on any atom is -0.492 e. The highest BCUT2D eigenvalue weighted by Crippen LogP contribution is 2.31. The van der Waals surface area contributed by atoms with Crippen LogP contribution < -0.4 is 10.2 Å². The van der Waals surface area contributed by atoms with Crippen molar-refractivity contribution in [2.75, 3.05) is 6.61 Å². The smallest absolute Gasteiger partial charge is 0.196 e. The maximum absolute atomic E-state index is 12.5. The van der Waals surface area contributed by atoms with E-state index >= 15 is 0 Å². The first-order valence-corrected chi connectivity index (χ1v) is 7.49. The number of halogens is 1. The van der Waals surface area contributed by atoms with Gasteiger partial charge in [-0.25, -0.2) is 0 Å². The SMILES string of the molecule is CCCOc1cc2oc3c(c(=O)c2cc1Cl)CCCC3. The Morgan fingerprint density at radius 2 is 2.10 bits per heavy atom. The number of benzene rings is 1. The van der Waals surface area contributed by atoms with E-state index in [9.17, 15) is 4.79 Å². The van der Waals surface area contributed by atoms with E-state index in [1.165, 1.54) is 0 Å². The maximum atomic E-state index is 12.5. The van der Waals surface area contributed by atoms with Crippen LogP contribution >= 0.6 is 11.6 Å². The van der Waals surface area contributed by atoms with Crippen LogP contribution in [0.15, 0.2) is 21.3 Å². The second-order valence-electron chi connectivity index (χ2n) is 5.17.